The van der Waals surface area contributed by atoms with E-state index in [2.05, 4.69) is 16.0 Å². The molecule has 1 aliphatic carbocycles. The van der Waals surface area contributed by atoms with Gasteiger partial charge in [-0.25, -0.2) is 0 Å². The summed E-state index contributed by atoms with van der Waals surface area (Å²) in [5.74, 6) is 0.0749. The highest BCUT2D eigenvalue weighted by Gasteiger charge is 2.21. The van der Waals surface area contributed by atoms with E-state index in [9.17, 15) is 9.59 Å². The summed E-state index contributed by atoms with van der Waals surface area (Å²) in [6.07, 6.45) is 7.80. The van der Waals surface area contributed by atoms with E-state index in [1.54, 1.807) is 12.1 Å². The van der Waals surface area contributed by atoms with Crippen LogP contribution >= 0.6 is 0 Å². The van der Waals surface area contributed by atoms with Crippen molar-refractivity contribution in [1.29, 1.82) is 0 Å². The number of piperidine rings is 1. The molecule has 130 valence electrons. The highest BCUT2D eigenvalue weighted by molar-refractivity contribution is 5.96. The fraction of sp³-hybridized carbons (Fsp3) is 0.579. The number of benzene rings is 1. The second-order valence-electron chi connectivity index (χ2n) is 6.92. The summed E-state index contributed by atoms with van der Waals surface area (Å²) in [6.45, 7) is 1.74. The van der Waals surface area contributed by atoms with Gasteiger partial charge in [0.15, 0.2) is 0 Å². The normalized spacial score (nSPS) is 21.9. The third-order valence-electron chi connectivity index (χ3n) is 5.02. The van der Waals surface area contributed by atoms with E-state index in [1.807, 2.05) is 12.1 Å². The molecule has 0 aromatic heterocycles. The molecule has 1 aliphatic heterocycles. The first-order valence-electron chi connectivity index (χ1n) is 9.15. The Kier molecular flexibility index (Phi) is 5.86. The lowest BCUT2D eigenvalue weighted by Gasteiger charge is -2.23. The molecule has 0 radical (unpaired) electrons. The Morgan fingerprint density at radius 3 is 2.38 bits per heavy atom. The molecule has 2 amide bonds. The minimum atomic E-state index is -0.0174. The summed E-state index contributed by atoms with van der Waals surface area (Å²) in [4.78, 5) is 24.5. The first kappa shape index (κ1) is 17.0. The quantitative estimate of drug-likeness (QED) is 0.795. The maximum atomic E-state index is 12.3. The van der Waals surface area contributed by atoms with Crippen LogP contribution in [0.1, 0.15) is 55.3 Å². The molecule has 2 aliphatic rings. The Morgan fingerprint density at radius 1 is 0.958 bits per heavy atom. The van der Waals surface area contributed by atoms with Gasteiger partial charge in [0.1, 0.15) is 0 Å². The molecular formula is C19H27N3O2. The number of amides is 2. The Labute approximate surface area is 143 Å². The number of carbonyl (C=O) groups excluding carboxylic acids is 2. The fourth-order valence-electron chi connectivity index (χ4n) is 3.54. The molecule has 2 fully saturated rings. The van der Waals surface area contributed by atoms with Gasteiger partial charge in [0, 0.05) is 23.8 Å². The molecule has 3 N–H and O–H groups in total. The lowest BCUT2D eigenvalue weighted by Crippen LogP contribution is -2.37. The van der Waals surface area contributed by atoms with E-state index in [0.29, 0.717) is 11.6 Å². The van der Waals surface area contributed by atoms with Crippen LogP contribution in [-0.4, -0.2) is 30.9 Å². The molecule has 5 nitrogen and oxygen atoms in total. The van der Waals surface area contributed by atoms with Crippen molar-refractivity contribution in [3.63, 3.8) is 0 Å². The van der Waals surface area contributed by atoms with E-state index in [-0.39, 0.29) is 17.7 Å². The third kappa shape index (κ3) is 4.57. The number of nitrogens with one attached hydrogen (secondary N) is 3. The van der Waals surface area contributed by atoms with Crippen LogP contribution in [0.5, 0.6) is 0 Å². The molecule has 5 heteroatoms. The monoisotopic (exact) mass is 329 g/mol. The highest BCUT2D eigenvalue weighted by atomic mass is 16.2. The maximum absolute atomic E-state index is 12.3. The summed E-state index contributed by atoms with van der Waals surface area (Å²) in [5, 5.41) is 9.31. The molecule has 1 unspecified atom stereocenters. The lowest BCUT2D eigenvalue weighted by atomic mass is 9.95. The molecule has 1 aromatic carbocycles. The number of anilines is 1. The first-order valence-corrected chi connectivity index (χ1v) is 9.15. The zero-order chi connectivity index (χ0) is 16.8. The lowest BCUT2D eigenvalue weighted by molar-refractivity contribution is -0.120. The van der Waals surface area contributed by atoms with Gasteiger partial charge in [-0.05, 0) is 56.5 Å². The van der Waals surface area contributed by atoms with Gasteiger partial charge in [-0.3, -0.25) is 9.59 Å². The molecule has 1 aromatic rings. The highest BCUT2D eigenvalue weighted by Crippen LogP contribution is 2.19. The average Bonchev–Trinajstić information content (AvgIpc) is 2.64. The summed E-state index contributed by atoms with van der Waals surface area (Å²) in [7, 11) is 0. The predicted octanol–water partition coefficient (Wildman–Crippen LogP) is 2.69. The molecule has 0 bridgehead atoms. The van der Waals surface area contributed by atoms with E-state index in [4.69, 9.17) is 0 Å². The van der Waals surface area contributed by atoms with Crippen LogP contribution in [0.3, 0.4) is 0 Å². The summed E-state index contributed by atoms with van der Waals surface area (Å²) < 4.78 is 0. The predicted molar refractivity (Wildman–Crippen MR) is 95.0 cm³/mol. The number of carbonyl (C=O) groups is 2. The van der Waals surface area contributed by atoms with E-state index < -0.39 is 0 Å². The standard InChI is InChI=1S/C19H27N3O2/c23-18(21-16-6-2-1-3-7-16)14-8-10-17(11-9-14)22-19(24)15-5-4-12-20-13-15/h8-11,15-16,20H,1-7,12-13H2,(H,21,23)(H,22,24). The molecule has 3 rings (SSSR count). The van der Waals surface area contributed by atoms with Crippen molar-refractivity contribution in [2.24, 2.45) is 5.92 Å². The largest absolute Gasteiger partial charge is 0.349 e. The van der Waals surface area contributed by atoms with Crippen molar-refractivity contribution >= 4 is 17.5 Å². The zero-order valence-electron chi connectivity index (χ0n) is 14.1. The van der Waals surface area contributed by atoms with Crippen LogP contribution in [0.25, 0.3) is 0 Å². The van der Waals surface area contributed by atoms with Gasteiger partial charge in [0.05, 0.1) is 5.92 Å². The molecular weight excluding hydrogens is 302 g/mol. The van der Waals surface area contributed by atoms with Crippen LogP contribution in [0, 0.1) is 5.92 Å². The number of hydrogen-bond donors (Lipinski definition) is 3. The van der Waals surface area contributed by atoms with Crippen molar-refractivity contribution < 1.29 is 9.59 Å². The van der Waals surface area contributed by atoms with Crippen molar-refractivity contribution in [1.82, 2.24) is 10.6 Å². The van der Waals surface area contributed by atoms with Gasteiger partial charge in [0.2, 0.25) is 5.91 Å². The molecule has 1 saturated heterocycles. The van der Waals surface area contributed by atoms with Crippen molar-refractivity contribution in [2.75, 3.05) is 18.4 Å². The SMILES string of the molecule is O=C(NC1CCCCC1)c1ccc(NC(=O)C2CCCNC2)cc1. The average molecular weight is 329 g/mol. The van der Waals surface area contributed by atoms with Crippen LogP contribution in [0.2, 0.25) is 0 Å². The Hall–Kier alpha value is -1.88. The molecule has 0 spiro atoms. The van der Waals surface area contributed by atoms with Gasteiger partial charge < -0.3 is 16.0 Å². The van der Waals surface area contributed by atoms with Crippen LogP contribution in [0.15, 0.2) is 24.3 Å². The summed E-state index contributed by atoms with van der Waals surface area (Å²) >= 11 is 0. The second-order valence-corrected chi connectivity index (χ2v) is 6.92. The van der Waals surface area contributed by atoms with Crippen LogP contribution in [-0.2, 0) is 4.79 Å². The minimum absolute atomic E-state index is 0.0174. The van der Waals surface area contributed by atoms with Gasteiger partial charge in [-0.2, -0.15) is 0 Å². The molecule has 1 atom stereocenters. The van der Waals surface area contributed by atoms with Gasteiger partial charge in [-0.15, -0.1) is 0 Å². The maximum Gasteiger partial charge on any atom is 0.251 e. The van der Waals surface area contributed by atoms with Crippen molar-refractivity contribution in [3.05, 3.63) is 29.8 Å². The molecule has 24 heavy (non-hydrogen) atoms. The van der Waals surface area contributed by atoms with Crippen molar-refractivity contribution in [2.45, 2.75) is 51.0 Å². The summed E-state index contributed by atoms with van der Waals surface area (Å²) in [5.41, 5.74) is 1.40. The fourth-order valence-corrected chi connectivity index (χ4v) is 3.54. The molecule has 1 saturated carbocycles. The second kappa shape index (κ2) is 8.29. The first-order chi connectivity index (χ1) is 11.7. The Bertz CT molecular complexity index is 558. The Balaban J connectivity index is 1.52. The zero-order valence-corrected chi connectivity index (χ0v) is 14.1. The summed E-state index contributed by atoms with van der Waals surface area (Å²) in [6, 6.07) is 7.50. The van der Waals surface area contributed by atoms with Gasteiger partial charge in [0.25, 0.3) is 5.91 Å². The van der Waals surface area contributed by atoms with E-state index in [1.165, 1.54) is 19.3 Å². The molecule has 1 heterocycles. The number of hydrogen-bond acceptors (Lipinski definition) is 3. The van der Waals surface area contributed by atoms with Crippen LogP contribution < -0.4 is 16.0 Å². The van der Waals surface area contributed by atoms with E-state index >= 15 is 0 Å². The Morgan fingerprint density at radius 2 is 1.71 bits per heavy atom. The van der Waals surface area contributed by atoms with Crippen LogP contribution in [0.4, 0.5) is 5.69 Å². The smallest absolute Gasteiger partial charge is 0.251 e. The topological polar surface area (TPSA) is 70.2 Å². The van der Waals surface area contributed by atoms with Gasteiger partial charge >= 0.3 is 0 Å². The minimum Gasteiger partial charge on any atom is -0.349 e. The van der Waals surface area contributed by atoms with Crippen molar-refractivity contribution in [3.8, 4) is 0 Å². The third-order valence-corrected chi connectivity index (χ3v) is 5.02. The van der Waals surface area contributed by atoms with Gasteiger partial charge in [-0.1, -0.05) is 19.3 Å². The number of rotatable bonds is 4. The van der Waals surface area contributed by atoms with E-state index in [0.717, 1.165) is 44.5 Å².